The van der Waals surface area contributed by atoms with Crippen LogP contribution in [0.25, 0.3) is 11.3 Å². The Hall–Kier alpha value is -1.62. The lowest BCUT2D eigenvalue weighted by Crippen LogP contribution is -2.22. The summed E-state index contributed by atoms with van der Waals surface area (Å²) < 4.78 is 1.76. The largest absolute Gasteiger partial charge is 0.375 e. The Kier molecular flexibility index (Phi) is 2.29. The third-order valence-electron chi connectivity index (χ3n) is 3.29. The quantitative estimate of drug-likeness (QED) is 0.832. The van der Waals surface area contributed by atoms with Crippen molar-refractivity contribution >= 4 is 16.5 Å². The number of thiazole rings is 1. The van der Waals surface area contributed by atoms with Crippen molar-refractivity contribution in [3.05, 3.63) is 33.1 Å². The Bertz CT molecular complexity index is 642. The molecule has 0 amide bonds. The molecule has 0 fully saturated rings. The van der Waals surface area contributed by atoms with Crippen LogP contribution in [0.4, 0.5) is 5.13 Å². The minimum Gasteiger partial charge on any atom is -0.375 e. The number of aromatic nitrogens is 2. The number of pyridine rings is 1. The molecule has 0 saturated carbocycles. The minimum atomic E-state index is 0.0240. The van der Waals surface area contributed by atoms with Crippen LogP contribution in [0.3, 0.4) is 0 Å². The van der Waals surface area contributed by atoms with Gasteiger partial charge in [0.05, 0.1) is 11.3 Å². The van der Waals surface area contributed by atoms with Crippen LogP contribution in [0.15, 0.2) is 16.2 Å². The minimum absolute atomic E-state index is 0.0240. The Balaban J connectivity index is 2.25. The average Bonchev–Trinajstić information content (AvgIpc) is 2.91. The van der Waals surface area contributed by atoms with E-state index in [1.54, 1.807) is 4.57 Å². The molecule has 88 valence electrons. The molecule has 2 aromatic heterocycles. The summed E-state index contributed by atoms with van der Waals surface area (Å²) in [5, 5.41) is 2.34. The van der Waals surface area contributed by atoms with Crippen molar-refractivity contribution < 1.29 is 0 Å². The first-order valence-corrected chi connectivity index (χ1v) is 6.48. The third-order valence-corrected chi connectivity index (χ3v) is 3.96. The van der Waals surface area contributed by atoms with Gasteiger partial charge in [-0.25, -0.2) is 4.98 Å². The van der Waals surface area contributed by atoms with Crippen molar-refractivity contribution in [3.63, 3.8) is 0 Å². The zero-order valence-corrected chi connectivity index (χ0v) is 10.4. The monoisotopic (exact) mass is 247 g/mol. The zero-order chi connectivity index (χ0) is 12.0. The molecule has 0 bridgehead atoms. The average molecular weight is 247 g/mol. The maximum Gasteiger partial charge on any atom is 0.259 e. The van der Waals surface area contributed by atoms with E-state index in [0.29, 0.717) is 16.4 Å². The highest BCUT2D eigenvalue weighted by Gasteiger charge is 2.18. The van der Waals surface area contributed by atoms with Gasteiger partial charge in [0.15, 0.2) is 5.13 Å². The van der Waals surface area contributed by atoms with Gasteiger partial charge in [0.1, 0.15) is 0 Å². The molecular weight excluding hydrogens is 234 g/mol. The van der Waals surface area contributed by atoms with E-state index in [0.717, 1.165) is 19.3 Å². The number of fused-ring (bicyclic) bond motifs is 1. The Morgan fingerprint density at radius 3 is 3.00 bits per heavy atom. The van der Waals surface area contributed by atoms with E-state index in [-0.39, 0.29) is 5.56 Å². The molecule has 1 aliphatic carbocycles. The topological polar surface area (TPSA) is 60.9 Å². The van der Waals surface area contributed by atoms with Crippen molar-refractivity contribution in [2.45, 2.75) is 19.3 Å². The Labute approximate surface area is 103 Å². The zero-order valence-electron chi connectivity index (χ0n) is 9.56. The fourth-order valence-corrected chi connectivity index (χ4v) is 2.99. The smallest absolute Gasteiger partial charge is 0.259 e. The normalized spacial score (nSPS) is 13.9. The van der Waals surface area contributed by atoms with E-state index in [4.69, 9.17) is 5.73 Å². The van der Waals surface area contributed by atoms with Gasteiger partial charge in [-0.05, 0) is 30.9 Å². The molecule has 2 aromatic rings. The van der Waals surface area contributed by atoms with Gasteiger partial charge in [0.25, 0.3) is 5.56 Å². The molecule has 0 atom stereocenters. The highest BCUT2D eigenvalue weighted by Crippen LogP contribution is 2.26. The first-order chi connectivity index (χ1) is 8.16. The van der Waals surface area contributed by atoms with E-state index in [1.807, 2.05) is 18.5 Å². The second kappa shape index (κ2) is 3.70. The van der Waals surface area contributed by atoms with Crippen molar-refractivity contribution in [2.24, 2.45) is 7.05 Å². The molecule has 5 heteroatoms. The predicted octanol–water partition coefficient (Wildman–Crippen LogP) is 1.58. The number of nitrogens with two attached hydrogens (primary N) is 1. The Morgan fingerprint density at radius 2 is 2.29 bits per heavy atom. The molecule has 2 heterocycles. The van der Waals surface area contributed by atoms with Crippen molar-refractivity contribution in [2.75, 3.05) is 5.73 Å². The highest BCUT2D eigenvalue weighted by molar-refractivity contribution is 7.13. The standard InChI is InChI=1S/C12H13N3OS/c1-15-10-4-2-3-7(10)5-8(11(15)16)9-6-17-12(13)14-9/h5-6H,2-4H2,1H3,(H2,13,14). The predicted molar refractivity (Wildman–Crippen MR) is 69.2 cm³/mol. The van der Waals surface area contributed by atoms with Crippen molar-refractivity contribution in [1.29, 1.82) is 0 Å². The molecule has 1 aliphatic rings. The van der Waals surface area contributed by atoms with Crippen LogP contribution in [-0.4, -0.2) is 9.55 Å². The van der Waals surface area contributed by atoms with Crippen LogP contribution < -0.4 is 11.3 Å². The van der Waals surface area contributed by atoms with E-state index in [1.165, 1.54) is 22.6 Å². The van der Waals surface area contributed by atoms with Gasteiger partial charge in [0, 0.05) is 18.1 Å². The summed E-state index contributed by atoms with van der Waals surface area (Å²) in [6.07, 6.45) is 3.18. The molecule has 0 spiro atoms. The van der Waals surface area contributed by atoms with Crippen molar-refractivity contribution in [3.8, 4) is 11.3 Å². The van der Waals surface area contributed by atoms with E-state index in [9.17, 15) is 4.79 Å². The molecule has 0 radical (unpaired) electrons. The Morgan fingerprint density at radius 1 is 1.47 bits per heavy atom. The number of anilines is 1. The van der Waals surface area contributed by atoms with E-state index in [2.05, 4.69) is 4.98 Å². The summed E-state index contributed by atoms with van der Waals surface area (Å²) in [7, 11) is 1.84. The van der Waals surface area contributed by atoms with Gasteiger partial charge in [-0.3, -0.25) is 4.79 Å². The number of rotatable bonds is 1. The van der Waals surface area contributed by atoms with Crippen LogP contribution in [0, 0.1) is 0 Å². The van der Waals surface area contributed by atoms with E-state index < -0.39 is 0 Å². The lowest BCUT2D eigenvalue weighted by molar-refractivity contribution is 0.780. The number of hydrogen-bond donors (Lipinski definition) is 1. The summed E-state index contributed by atoms with van der Waals surface area (Å²) >= 11 is 1.37. The van der Waals surface area contributed by atoms with Gasteiger partial charge in [0.2, 0.25) is 0 Å². The molecule has 0 aromatic carbocycles. The molecule has 17 heavy (non-hydrogen) atoms. The van der Waals surface area contributed by atoms with E-state index >= 15 is 0 Å². The van der Waals surface area contributed by atoms with Crippen LogP contribution in [0.2, 0.25) is 0 Å². The van der Waals surface area contributed by atoms with Crippen LogP contribution in [0.5, 0.6) is 0 Å². The van der Waals surface area contributed by atoms with Crippen LogP contribution in [-0.2, 0) is 19.9 Å². The summed E-state index contributed by atoms with van der Waals surface area (Å²) in [4.78, 5) is 16.4. The number of aryl methyl sites for hydroxylation is 1. The molecule has 0 aliphatic heterocycles. The molecular formula is C12H13N3OS. The number of hydrogen-bond acceptors (Lipinski definition) is 4. The highest BCUT2D eigenvalue weighted by atomic mass is 32.1. The fourth-order valence-electron chi connectivity index (χ4n) is 2.42. The third kappa shape index (κ3) is 1.58. The van der Waals surface area contributed by atoms with Gasteiger partial charge in [-0.2, -0.15) is 0 Å². The van der Waals surface area contributed by atoms with Gasteiger partial charge >= 0.3 is 0 Å². The summed E-state index contributed by atoms with van der Waals surface area (Å²) in [6, 6.07) is 1.99. The van der Waals surface area contributed by atoms with Crippen molar-refractivity contribution in [1.82, 2.24) is 9.55 Å². The fraction of sp³-hybridized carbons (Fsp3) is 0.333. The maximum absolute atomic E-state index is 12.2. The summed E-state index contributed by atoms with van der Waals surface area (Å²) in [5.41, 5.74) is 9.44. The molecule has 0 unspecified atom stereocenters. The SMILES string of the molecule is Cn1c2c(cc(-c3csc(N)n3)c1=O)CCC2. The summed E-state index contributed by atoms with van der Waals surface area (Å²) in [5.74, 6) is 0. The first-order valence-electron chi connectivity index (χ1n) is 5.60. The maximum atomic E-state index is 12.2. The van der Waals surface area contributed by atoms with Gasteiger partial charge in [-0.15, -0.1) is 11.3 Å². The van der Waals surface area contributed by atoms with Gasteiger partial charge < -0.3 is 10.3 Å². The molecule has 0 saturated heterocycles. The first kappa shape index (κ1) is 10.5. The molecule has 3 rings (SSSR count). The second-order valence-electron chi connectivity index (χ2n) is 4.32. The number of nitrogen functional groups attached to an aromatic ring is 1. The van der Waals surface area contributed by atoms with Crippen LogP contribution in [0.1, 0.15) is 17.7 Å². The van der Waals surface area contributed by atoms with Gasteiger partial charge in [-0.1, -0.05) is 0 Å². The molecule has 2 N–H and O–H groups in total. The lowest BCUT2D eigenvalue weighted by atomic mass is 10.1. The summed E-state index contributed by atoms with van der Waals surface area (Å²) in [6.45, 7) is 0. The number of nitrogens with zero attached hydrogens (tertiary/aromatic N) is 2. The molecule has 4 nitrogen and oxygen atoms in total. The van der Waals surface area contributed by atoms with Crippen LogP contribution >= 0.6 is 11.3 Å². The lowest BCUT2D eigenvalue weighted by Gasteiger charge is -2.08. The second-order valence-corrected chi connectivity index (χ2v) is 5.21.